The summed E-state index contributed by atoms with van der Waals surface area (Å²) in [7, 11) is 4.56. The summed E-state index contributed by atoms with van der Waals surface area (Å²) in [5, 5.41) is 3.95. The fourth-order valence-electron chi connectivity index (χ4n) is 5.21. The molecule has 0 saturated heterocycles. The lowest BCUT2D eigenvalue weighted by molar-refractivity contribution is 0.127. The van der Waals surface area contributed by atoms with Crippen molar-refractivity contribution in [3.05, 3.63) is 0 Å². The molecule has 3 saturated carbocycles. The number of hydrogen-bond donors (Lipinski definition) is 1. The third-order valence-corrected chi connectivity index (χ3v) is 6.91. The first-order valence-electron chi connectivity index (χ1n) is 9.05. The molecule has 3 fully saturated rings. The van der Waals surface area contributed by atoms with Gasteiger partial charge in [0, 0.05) is 18.1 Å². The van der Waals surface area contributed by atoms with Crippen molar-refractivity contribution in [2.24, 2.45) is 5.41 Å². The number of nitrogens with zero attached hydrogens (tertiary/aromatic N) is 1. The van der Waals surface area contributed by atoms with E-state index in [-0.39, 0.29) is 0 Å². The van der Waals surface area contributed by atoms with Crippen molar-refractivity contribution in [3.63, 3.8) is 0 Å². The van der Waals surface area contributed by atoms with Gasteiger partial charge in [-0.3, -0.25) is 0 Å². The van der Waals surface area contributed by atoms with Gasteiger partial charge in [-0.2, -0.15) is 0 Å². The number of likely N-dealkylation sites (N-methyl/N-ethyl adjacent to an activating group) is 1. The molecule has 0 aromatic carbocycles. The van der Waals surface area contributed by atoms with Crippen LogP contribution in [0.5, 0.6) is 0 Å². The van der Waals surface area contributed by atoms with E-state index in [4.69, 9.17) is 0 Å². The highest BCUT2D eigenvalue weighted by molar-refractivity contribution is 4.97. The van der Waals surface area contributed by atoms with E-state index in [1.165, 1.54) is 83.6 Å². The van der Waals surface area contributed by atoms with E-state index in [2.05, 4.69) is 24.3 Å². The summed E-state index contributed by atoms with van der Waals surface area (Å²) >= 11 is 0. The molecule has 0 radical (unpaired) electrons. The minimum absolute atomic E-state index is 0.461. The Morgan fingerprint density at radius 3 is 1.95 bits per heavy atom. The average Bonchev–Trinajstić information content (AvgIpc) is 3.09. The zero-order valence-electron chi connectivity index (χ0n) is 13.7. The largest absolute Gasteiger partial charge is 0.312 e. The Bertz CT molecular complexity index is 301. The Hall–Kier alpha value is -0.0800. The molecule has 0 heterocycles. The molecule has 0 unspecified atom stereocenters. The van der Waals surface area contributed by atoms with E-state index in [1.54, 1.807) is 0 Å². The maximum Gasteiger partial charge on any atom is 0.0327 e. The standard InChI is InChI=1S/C18H34N2/c1-20(2)18(11-5-6-12-18)15-19-16-7-13-17(14-8-16)9-3-4-10-17/h16,19H,3-15H2,1-2H3. The number of nitrogens with one attached hydrogen (secondary N) is 1. The second-order valence-electron chi connectivity index (χ2n) is 8.19. The van der Waals surface area contributed by atoms with Crippen LogP contribution in [0.25, 0.3) is 0 Å². The highest BCUT2D eigenvalue weighted by atomic mass is 15.2. The Labute approximate surface area is 125 Å². The minimum atomic E-state index is 0.461. The van der Waals surface area contributed by atoms with Crippen molar-refractivity contribution in [1.29, 1.82) is 0 Å². The Morgan fingerprint density at radius 1 is 0.850 bits per heavy atom. The van der Waals surface area contributed by atoms with Crippen molar-refractivity contribution < 1.29 is 0 Å². The van der Waals surface area contributed by atoms with E-state index in [9.17, 15) is 0 Å². The summed E-state index contributed by atoms with van der Waals surface area (Å²) in [4.78, 5) is 2.49. The molecule has 2 nitrogen and oxygen atoms in total. The van der Waals surface area contributed by atoms with Crippen LogP contribution >= 0.6 is 0 Å². The molecule has 3 aliphatic rings. The van der Waals surface area contributed by atoms with Gasteiger partial charge < -0.3 is 10.2 Å². The Balaban J connectivity index is 1.47. The first-order valence-corrected chi connectivity index (χ1v) is 9.05. The van der Waals surface area contributed by atoms with Crippen molar-refractivity contribution >= 4 is 0 Å². The fraction of sp³-hybridized carbons (Fsp3) is 1.00. The SMILES string of the molecule is CN(C)C1(CNC2CCC3(CCCC3)CC2)CCCC1. The molecule has 20 heavy (non-hydrogen) atoms. The van der Waals surface area contributed by atoms with Crippen molar-refractivity contribution in [3.8, 4) is 0 Å². The van der Waals surface area contributed by atoms with Crippen molar-refractivity contribution in [2.75, 3.05) is 20.6 Å². The van der Waals surface area contributed by atoms with Crippen molar-refractivity contribution in [1.82, 2.24) is 10.2 Å². The summed E-state index contributed by atoms with van der Waals surface area (Å²) in [6, 6.07) is 0.804. The van der Waals surface area contributed by atoms with Crippen LogP contribution in [0.3, 0.4) is 0 Å². The van der Waals surface area contributed by atoms with Gasteiger partial charge >= 0.3 is 0 Å². The number of hydrogen-bond acceptors (Lipinski definition) is 2. The first kappa shape index (κ1) is 14.8. The van der Waals surface area contributed by atoms with Gasteiger partial charge in [0.05, 0.1) is 0 Å². The van der Waals surface area contributed by atoms with Crippen LogP contribution in [0.1, 0.15) is 77.0 Å². The maximum absolute atomic E-state index is 3.95. The lowest BCUT2D eigenvalue weighted by atomic mass is 9.71. The van der Waals surface area contributed by atoms with Crippen molar-refractivity contribution in [2.45, 2.75) is 88.6 Å². The van der Waals surface area contributed by atoms with Gasteiger partial charge in [0.15, 0.2) is 0 Å². The topological polar surface area (TPSA) is 15.3 Å². The summed E-state index contributed by atoms with van der Waals surface area (Å²) in [5.74, 6) is 0. The molecule has 116 valence electrons. The molecule has 0 atom stereocenters. The molecular weight excluding hydrogens is 244 g/mol. The molecule has 0 aromatic heterocycles. The third kappa shape index (κ3) is 2.92. The van der Waals surface area contributed by atoms with Gasteiger partial charge in [-0.15, -0.1) is 0 Å². The van der Waals surface area contributed by atoms with Crippen LogP contribution in [0.15, 0.2) is 0 Å². The molecule has 0 aliphatic heterocycles. The summed E-state index contributed by atoms with van der Waals surface area (Å²) in [6.07, 6.45) is 17.6. The van der Waals surface area contributed by atoms with E-state index < -0.39 is 0 Å². The normalized spacial score (nSPS) is 29.6. The van der Waals surface area contributed by atoms with Crippen LogP contribution < -0.4 is 5.32 Å². The second kappa shape index (κ2) is 5.96. The van der Waals surface area contributed by atoms with E-state index in [0.29, 0.717) is 5.54 Å². The Kier molecular flexibility index (Phi) is 4.42. The predicted molar refractivity (Wildman–Crippen MR) is 86.0 cm³/mol. The molecule has 3 aliphatic carbocycles. The summed E-state index contributed by atoms with van der Waals surface area (Å²) < 4.78 is 0. The lowest BCUT2D eigenvalue weighted by Crippen LogP contribution is -2.52. The highest BCUT2D eigenvalue weighted by Crippen LogP contribution is 2.49. The van der Waals surface area contributed by atoms with Gasteiger partial charge in [0.2, 0.25) is 0 Å². The van der Waals surface area contributed by atoms with Gasteiger partial charge in [0.1, 0.15) is 0 Å². The van der Waals surface area contributed by atoms with Gasteiger partial charge in [-0.05, 0) is 70.9 Å². The summed E-state index contributed by atoms with van der Waals surface area (Å²) in [6.45, 7) is 1.22. The molecule has 1 spiro atoms. The second-order valence-corrected chi connectivity index (χ2v) is 8.19. The maximum atomic E-state index is 3.95. The first-order chi connectivity index (χ1) is 9.64. The predicted octanol–water partition coefficient (Wildman–Crippen LogP) is 3.95. The monoisotopic (exact) mass is 278 g/mol. The zero-order chi connectivity index (χ0) is 14.1. The highest BCUT2D eigenvalue weighted by Gasteiger charge is 2.39. The molecule has 0 bridgehead atoms. The lowest BCUT2D eigenvalue weighted by Gasteiger charge is -2.41. The minimum Gasteiger partial charge on any atom is -0.312 e. The van der Waals surface area contributed by atoms with Gasteiger partial charge in [-0.1, -0.05) is 25.7 Å². The van der Waals surface area contributed by atoms with Crippen LogP contribution in [0.4, 0.5) is 0 Å². The molecule has 3 rings (SSSR count). The third-order valence-electron chi connectivity index (χ3n) is 6.91. The molecule has 1 N–H and O–H groups in total. The molecule has 2 heteroatoms. The zero-order valence-corrected chi connectivity index (χ0v) is 13.7. The molecule has 0 amide bonds. The molecule has 0 aromatic rings. The Morgan fingerprint density at radius 2 is 1.40 bits per heavy atom. The van der Waals surface area contributed by atoms with Crippen LogP contribution in [0.2, 0.25) is 0 Å². The average molecular weight is 278 g/mol. The van der Waals surface area contributed by atoms with Crippen LogP contribution in [-0.2, 0) is 0 Å². The fourth-order valence-corrected chi connectivity index (χ4v) is 5.21. The van der Waals surface area contributed by atoms with E-state index >= 15 is 0 Å². The summed E-state index contributed by atoms with van der Waals surface area (Å²) in [5.41, 5.74) is 1.24. The number of rotatable bonds is 4. The van der Waals surface area contributed by atoms with Gasteiger partial charge in [-0.25, -0.2) is 0 Å². The van der Waals surface area contributed by atoms with Gasteiger partial charge in [0.25, 0.3) is 0 Å². The van der Waals surface area contributed by atoms with Crippen LogP contribution in [-0.4, -0.2) is 37.1 Å². The van der Waals surface area contributed by atoms with E-state index in [0.717, 1.165) is 11.5 Å². The molecular formula is C18H34N2. The van der Waals surface area contributed by atoms with Crippen LogP contribution in [0, 0.1) is 5.41 Å². The quantitative estimate of drug-likeness (QED) is 0.837. The van der Waals surface area contributed by atoms with E-state index in [1.807, 2.05) is 0 Å². The smallest absolute Gasteiger partial charge is 0.0327 e.